The highest BCUT2D eigenvalue weighted by Crippen LogP contribution is 2.33. The van der Waals surface area contributed by atoms with Gasteiger partial charge < -0.3 is 20.6 Å². The molecule has 1 atom stereocenters. The van der Waals surface area contributed by atoms with Crippen molar-refractivity contribution in [3.63, 3.8) is 0 Å². The topological polar surface area (TPSA) is 104 Å². The summed E-state index contributed by atoms with van der Waals surface area (Å²) in [7, 11) is 1.56. The lowest BCUT2D eigenvalue weighted by molar-refractivity contribution is 0.379. The van der Waals surface area contributed by atoms with E-state index in [-0.39, 0.29) is 11.8 Å². The van der Waals surface area contributed by atoms with Crippen molar-refractivity contribution in [2.24, 2.45) is 0 Å². The van der Waals surface area contributed by atoms with Crippen molar-refractivity contribution in [3.8, 4) is 17.0 Å². The van der Waals surface area contributed by atoms with Crippen LogP contribution in [0.4, 0.5) is 10.2 Å². The molecule has 164 valence electrons. The lowest BCUT2D eigenvalue weighted by Gasteiger charge is -2.16. The zero-order valence-corrected chi connectivity index (χ0v) is 18.4. The third-order valence-electron chi connectivity index (χ3n) is 4.16. The van der Waals surface area contributed by atoms with Gasteiger partial charge in [0.2, 0.25) is 0 Å². The van der Waals surface area contributed by atoms with E-state index < -0.39 is 5.82 Å². The number of hydrogen-bond donors (Lipinski definition) is 3. The van der Waals surface area contributed by atoms with Gasteiger partial charge in [-0.3, -0.25) is 4.98 Å². The minimum atomic E-state index is -0.399. The zero-order chi connectivity index (χ0) is 23.0. The molecule has 0 fully saturated rings. The molecule has 0 aliphatic rings. The summed E-state index contributed by atoms with van der Waals surface area (Å²) in [6.07, 6.45) is 5.09. The van der Waals surface area contributed by atoms with E-state index in [2.05, 4.69) is 20.3 Å². The third kappa shape index (κ3) is 6.47. The third-order valence-corrected chi connectivity index (χ3v) is 4.16. The average molecular weight is 426 g/mol. The summed E-state index contributed by atoms with van der Waals surface area (Å²) < 4.78 is 18.7. The zero-order valence-electron chi connectivity index (χ0n) is 18.4. The Morgan fingerprint density at radius 3 is 2.55 bits per heavy atom. The van der Waals surface area contributed by atoms with Crippen LogP contribution in [0.15, 0.2) is 48.6 Å². The number of rotatable bonds is 6. The van der Waals surface area contributed by atoms with Gasteiger partial charge >= 0.3 is 0 Å². The van der Waals surface area contributed by atoms with E-state index in [1.165, 1.54) is 18.6 Å². The number of nitrogens with one attached hydrogen (secondary N) is 2. The average Bonchev–Trinajstić information content (AvgIpc) is 2.73. The number of pyridine rings is 1. The Labute approximate surface area is 181 Å². The molecule has 1 aromatic carbocycles. The maximum atomic E-state index is 13.2. The normalized spacial score (nSPS) is 12.0. The number of benzene rings is 1. The molecule has 3 N–H and O–H groups in total. The van der Waals surface area contributed by atoms with Crippen LogP contribution in [0, 0.1) is 11.2 Å². The van der Waals surface area contributed by atoms with Crippen molar-refractivity contribution in [2.75, 3.05) is 12.4 Å². The van der Waals surface area contributed by atoms with Crippen molar-refractivity contribution in [1.82, 2.24) is 15.0 Å². The highest BCUT2D eigenvalue weighted by Gasteiger charge is 2.15. The number of ether oxygens (including phenoxy) is 1. The Kier molecular flexibility index (Phi) is 8.43. The van der Waals surface area contributed by atoms with E-state index in [4.69, 9.17) is 10.1 Å². The molecule has 0 aliphatic carbocycles. The Bertz CT molecular complexity index is 1060. The minimum Gasteiger partial charge on any atom is -0.510 e. The second kappa shape index (κ2) is 11.0. The van der Waals surface area contributed by atoms with Crippen LogP contribution in [0.2, 0.25) is 0 Å². The number of aliphatic hydroxyl groups is 1. The molecule has 3 rings (SSSR count). The molecule has 2 heterocycles. The van der Waals surface area contributed by atoms with E-state index in [9.17, 15) is 9.50 Å². The van der Waals surface area contributed by atoms with Gasteiger partial charge in [0.15, 0.2) is 0 Å². The van der Waals surface area contributed by atoms with Crippen LogP contribution in [-0.2, 0) is 0 Å². The Balaban J connectivity index is 0.000000785. The summed E-state index contributed by atoms with van der Waals surface area (Å²) >= 11 is 0. The van der Waals surface area contributed by atoms with Gasteiger partial charge in [0.05, 0.1) is 25.0 Å². The predicted molar refractivity (Wildman–Crippen MR) is 122 cm³/mol. The van der Waals surface area contributed by atoms with Crippen LogP contribution in [-0.4, -0.2) is 38.9 Å². The molecular weight excluding hydrogens is 397 g/mol. The van der Waals surface area contributed by atoms with E-state index in [1.807, 2.05) is 19.9 Å². The number of allylic oxidation sites excluding steroid dienone is 1. The SMILES string of the molecule is CC(C)=N.CC/C=C(/O)C(C)Nc1ncnc2c(OC)cc(-c3ccc(F)cn3)cc12. The number of hydrogen-bond acceptors (Lipinski definition) is 7. The largest absolute Gasteiger partial charge is 0.510 e. The van der Waals surface area contributed by atoms with Gasteiger partial charge in [-0.1, -0.05) is 6.92 Å². The van der Waals surface area contributed by atoms with Crippen molar-refractivity contribution >= 4 is 22.4 Å². The van der Waals surface area contributed by atoms with Gasteiger partial charge in [-0.15, -0.1) is 0 Å². The van der Waals surface area contributed by atoms with Crippen LogP contribution < -0.4 is 10.1 Å². The summed E-state index contributed by atoms with van der Waals surface area (Å²) in [5.74, 6) is 0.961. The Morgan fingerprint density at radius 1 is 1.26 bits per heavy atom. The number of halogens is 1. The first-order chi connectivity index (χ1) is 14.8. The van der Waals surface area contributed by atoms with Gasteiger partial charge in [-0.05, 0) is 57.5 Å². The summed E-state index contributed by atoms with van der Waals surface area (Å²) in [5, 5.41) is 20.5. The van der Waals surface area contributed by atoms with Gasteiger partial charge in [-0.25, -0.2) is 14.4 Å². The maximum Gasteiger partial charge on any atom is 0.145 e. The van der Waals surface area contributed by atoms with Gasteiger partial charge in [0.25, 0.3) is 0 Å². The summed E-state index contributed by atoms with van der Waals surface area (Å²) in [6.45, 7) is 7.30. The number of aliphatic hydroxyl groups excluding tert-OH is 1. The molecule has 0 aliphatic heterocycles. The molecule has 0 spiro atoms. The van der Waals surface area contributed by atoms with Gasteiger partial charge in [0.1, 0.15) is 35.0 Å². The maximum absolute atomic E-state index is 13.2. The number of anilines is 1. The van der Waals surface area contributed by atoms with E-state index in [1.54, 1.807) is 39.2 Å². The van der Waals surface area contributed by atoms with E-state index in [0.717, 1.165) is 12.0 Å². The number of fused-ring (bicyclic) bond motifs is 1. The smallest absolute Gasteiger partial charge is 0.145 e. The van der Waals surface area contributed by atoms with Crippen molar-refractivity contribution < 1.29 is 14.2 Å². The molecule has 3 aromatic rings. The van der Waals surface area contributed by atoms with Crippen molar-refractivity contribution in [3.05, 3.63) is 54.4 Å². The first kappa shape index (κ1) is 23.7. The van der Waals surface area contributed by atoms with Gasteiger partial charge in [0, 0.05) is 16.7 Å². The Morgan fingerprint density at radius 2 is 1.97 bits per heavy atom. The molecule has 0 saturated heterocycles. The predicted octanol–water partition coefficient (Wildman–Crippen LogP) is 5.54. The fourth-order valence-corrected chi connectivity index (χ4v) is 2.77. The lowest BCUT2D eigenvalue weighted by Crippen LogP contribution is -2.19. The lowest BCUT2D eigenvalue weighted by atomic mass is 10.1. The van der Waals surface area contributed by atoms with Gasteiger partial charge in [-0.2, -0.15) is 0 Å². The number of aromatic nitrogens is 3. The monoisotopic (exact) mass is 425 g/mol. The van der Waals surface area contributed by atoms with Crippen molar-refractivity contribution in [2.45, 2.75) is 40.2 Å². The molecule has 0 bridgehead atoms. The first-order valence-electron chi connectivity index (χ1n) is 9.88. The molecule has 7 nitrogen and oxygen atoms in total. The van der Waals surface area contributed by atoms with E-state index in [0.29, 0.717) is 33.9 Å². The molecule has 2 aromatic heterocycles. The molecule has 0 saturated carbocycles. The summed E-state index contributed by atoms with van der Waals surface area (Å²) in [6, 6.07) is 6.31. The molecular formula is C23H28FN5O2. The fourth-order valence-electron chi connectivity index (χ4n) is 2.77. The molecule has 0 radical (unpaired) electrons. The summed E-state index contributed by atoms with van der Waals surface area (Å²) in [5.41, 5.74) is 2.65. The highest BCUT2D eigenvalue weighted by atomic mass is 19.1. The van der Waals surface area contributed by atoms with Crippen LogP contribution in [0.1, 0.15) is 34.1 Å². The summed E-state index contributed by atoms with van der Waals surface area (Å²) in [4.78, 5) is 12.8. The minimum absolute atomic E-state index is 0.243. The Hall–Kier alpha value is -3.55. The standard InChI is InChI=1S/C20H21FN4O2.C3H7N/c1-4-5-17(26)12(2)25-20-15-8-13(16-7-6-14(21)10-22-16)9-18(27-3)19(15)23-11-24-20;1-3(2)4/h5-12,26H,4H2,1-3H3,(H,23,24,25);4H,1-2H3/b17-5+;. The number of methoxy groups -OCH3 is 1. The first-order valence-corrected chi connectivity index (χ1v) is 9.88. The second-order valence-electron chi connectivity index (χ2n) is 7.06. The fraction of sp³-hybridized carbons (Fsp3) is 0.304. The molecule has 1 unspecified atom stereocenters. The van der Waals surface area contributed by atoms with Crippen LogP contribution in [0.5, 0.6) is 5.75 Å². The van der Waals surface area contributed by atoms with E-state index >= 15 is 0 Å². The molecule has 0 amide bonds. The second-order valence-corrected chi connectivity index (χ2v) is 7.06. The number of nitrogens with zero attached hydrogens (tertiary/aromatic N) is 3. The van der Waals surface area contributed by atoms with Crippen LogP contribution in [0.3, 0.4) is 0 Å². The van der Waals surface area contributed by atoms with Crippen molar-refractivity contribution in [1.29, 1.82) is 5.41 Å². The van der Waals surface area contributed by atoms with Crippen LogP contribution in [0.25, 0.3) is 22.2 Å². The van der Waals surface area contributed by atoms with Crippen LogP contribution >= 0.6 is 0 Å². The molecule has 8 heteroatoms. The highest BCUT2D eigenvalue weighted by molar-refractivity contribution is 5.96. The quantitative estimate of drug-likeness (QED) is 0.354. The molecule has 31 heavy (non-hydrogen) atoms.